The third-order valence-corrected chi connectivity index (χ3v) is 5.78. The zero-order valence-corrected chi connectivity index (χ0v) is 13.8. The third-order valence-electron chi connectivity index (χ3n) is 4.62. The highest BCUT2D eigenvalue weighted by Gasteiger charge is 2.27. The maximum atomic E-state index is 4.45. The SMILES string of the molecule is c1ccc(C2CCSN2c2ccc3c(cnc4n[nH]cc43)c2)cc1. The molecule has 1 unspecified atom stereocenters. The van der Waals surface area contributed by atoms with Crippen molar-refractivity contribution < 1.29 is 0 Å². The Morgan fingerprint density at radius 1 is 1.08 bits per heavy atom. The molecule has 118 valence electrons. The van der Waals surface area contributed by atoms with Crippen LogP contribution in [0.15, 0.2) is 60.9 Å². The van der Waals surface area contributed by atoms with Crippen molar-refractivity contribution in [3.63, 3.8) is 0 Å². The van der Waals surface area contributed by atoms with Gasteiger partial charge in [0.15, 0.2) is 5.65 Å². The summed E-state index contributed by atoms with van der Waals surface area (Å²) in [7, 11) is 0. The molecule has 24 heavy (non-hydrogen) atoms. The van der Waals surface area contributed by atoms with Crippen LogP contribution in [0.1, 0.15) is 18.0 Å². The minimum absolute atomic E-state index is 0.430. The molecule has 1 atom stereocenters. The van der Waals surface area contributed by atoms with Gasteiger partial charge in [-0.2, -0.15) is 5.10 Å². The first kappa shape index (κ1) is 13.9. The van der Waals surface area contributed by atoms with Gasteiger partial charge in [0.2, 0.25) is 0 Å². The van der Waals surface area contributed by atoms with Crippen molar-refractivity contribution in [3.8, 4) is 0 Å². The molecule has 5 heteroatoms. The second-order valence-corrected chi connectivity index (χ2v) is 7.09. The number of nitrogens with zero attached hydrogens (tertiary/aromatic N) is 3. The van der Waals surface area contributed by atoms with Gasteiger partial charge in [-0.25, -0.2) is 4.98 Å². The fourth-order valence-electron chi connectivity index (χ4n) is 3.45. The number of rotatable bonds is 2. The van der Waals surface area contributed by atoms with Crippen LogP contribution in [0.2, 0.25) is 0 Å². The Hall–Kier alpha value is -2.53. The summed E-state index contributed by atoms with van der Waals surface area (Å²) in [6, 6.07) is 17.8. The first-order valence-electron chi connectivity index (χ1n) is 8.09. The van der Waals surface area contributed by atoms with Crippen LogP contribution in [-0.2, 0) is 0 Å². The summed E-state index contributed by atoms with van der Waals surface area (Å²) in [4.78, 5) is 4.45. The first-order valence-corrected chi connectivity index (χ1v) is 9.04. The minimum Gasteiger partial charge on any atom is -0.309 e. The van der Waals surface area contributed by atoms with Crippen molar-refractivity contribution >= 4 is 39.4 Å². The summed E-state index contributed by atoms with van der Waals surface area (Å²) in [5.41, 5.74) is 3.39. The predicted molar refractivity (Wildman–Crippen MR) is 100 cm³/mol. The van der Waals surface area contributed by atoms with Crippen molar-refractivity contribution in [1.82, 2.24) is 15.2 Å². The normalized spacial score (nSPS) is 17.8. The fraction of sp³-hybridized carbons (Fsp3) is 0.158. The largest absolute Gasteiger partial charge is 0.309 e. The monoisotopic (exact) mass is 332 g/mol. The molecular weight excluding hydrogens is 316 g/mol. The maximum absolute atomic E-state index is 4.45. The number of benzene rings is 2. The van der Waals surface area contributed by atoms with Gasteiger partial charge >= 0.3 is 0 Å². The Balaban J connectivity index is 1.59. The topological polar surface area (TPSA) is 44.8 Å². The summed E-state index contributed by atoms with van der Waals surface area (Å²) in [5.74, 6) is 1.15. The van der Waals surface area contributed by atoms with Gasteiger partial charge in [-0.1, -0.05) is 36.4 Å². The molecule has 1 fully saturated rings. The number of aromatic amines is 1. The molecule has 0 bridgehead atoms. The lowest BCUT2D eigenvalue weighted by molar-refractivity contribution is 0.743. The average molecular weight is 332 g/mol. The van der Waals surface area contributed by atoms with E-state index >= 15 is 0 Å². The van der Waals surface area contributed by atoms with Gasteiger partial charge in [0.1, 0.15) is 0 Å². The molecule has 4 nitrogen and oxygen atoms in total. The molecule has 2 aromatic carbocycles. The molecule has 0 saturated carbocycles. The number of anilines is 1. The molecule has 1 aliphatic rings. The summed E-state index contributed by atoms with van der Waals surface area (Å²) in [5, 5.41) is 10.5. The Morgan fingerprint density at radius 2 is 2.00 bits per heavy atom. The average Bonchev–Trinajstić information content (AvgIpc) is 3.31. The lowest BCUT2D eigenvalue weighted by atomic mass is 10.0. The van der Waals surface area contributed by atoms with Crippen molar-refractivity contribution in [2.75, 3.05) is 10.1 Å². The molecule has 1 N–H and O–H groups in total. The van der Waals surface area contributed by atoms with E-state index in [0.29, 0.717) is 6.04 Å². The van der Waals surface area contributed by atoms with E-state index in [4.69, 9.17) is 0 Å². The smallest absolute Gasteiger partial charge is 0.181 e. The molecule has 0 radical (unpaired) electrons. The second-order valence-electron chi connectivity index (χ2n) is 6.03. The molecule has 3 heterocycles. The highest BCUT2D eigenvalue weighted by Crippen LogP contribution is 2.43. The first-order chi connectivity index (χ1) is 11.9. The number of H-pyrrole nitrogens is 1. The van der Waals surface area contributed by atoms with Gasteiger partial charge in [-0.05, 0) is 41.5 Å². The Kier molecular flexibility index (Phi) is 3.19. The molecule has 2 aromatic heterocycles. The van der Waals surface area contributed by atoms with E-state index in [1.165, 1.54) is 23.1 Å². The van der Waals surface area contributed by atoms with E-state index in [2.05, 4.69) is 68.0 Å². The molecule has 1 saturated heterocycles. The number of pyridine rings is 1. The number of hydrogen-bond acceptors (Lipinski definition) is 4. The summed E-state index contributed by atoms with van der Waals surface area (Å²) < 4.78 is 2.44. The predicted octanol–water partition coefficient (Wildman–Crippen LogP) is 4.71. The van der Waals surface area contributed by atoms with Gasteiger partial charge in [-0.15, -0.1) is 0 Å². The lowest BCUT2D eigenvalue weighted by Crippen LogP contribution is -2.15. The van der Waals surface area contributed by atoms with Crippen LogP contribution in [0.4, 0.5) is 5.69 Å². The maximum Gasteiger partial charge on any atom is 0.181 e. The summed E-state index contributed by atoms with van der Waals surface area (Å²) in [6.07, 6.45) is 5.01. The Bertz CT molecular complexity index is 1010. The van der Waals surface area contributed by atoms with Crippen LogP contribution < -0.4 is 4.31 Å². The van der Waals surface area contributed by atoms with Gasteiger partial charge < -0.3 is 4.31 Å². The second kappa shape index (κ2) is 5.53. The Labute approximate surface area is 144 Å². The van der Waals surface area contributed by atoms with E-state index in [0.717, 1.165) is 22.2 Å². The van der Waals surface area contributed by atoms with E-state index < -0.39 is 0 Å². The number of fused-ring (bicyclic) bond motifs is 3. The zero-order valence-electron chi connectivity index (χ0n) is 13.0. The van der Waals surface area contributed by atoms with Crippen LogP contribution in [0.25, 0.3) is 21.8 Å². The Morgan fingerprint density at radius 3 is 2.92 bits per heavy atom. The highest BCUT2D eigenvalue weighted by atomic mass is 32.2. The third kappa shape index (κ3) is 2.16. The van der Waals surface area contributed by atoms with Crippen LogP contribution in [0, 0.1) is 0 Å². The van der Waals surface area contributed by atoms with E-state index in [1.807, 2.05) is 24.3 Å². The molecular formula is C19H16N4S. The van der Waals surface area contributed by atoms with E-state index in [1.54, 1.807) is 0 Å². The molecule has 0 amide bonds. The van der Waals surface area contributed by atoms with Crippen LogP contribution in [0.3, 0.4) is 0 Å². The molecule has 0 spiro atoms. The van der Waals surface area contributed by atoms with Crippen molar-refractivity contribution in [1.29, 1.82) is 0 Å². The van der Waals surface area contributed by atoms with Crippen LogP contribution in [0.5, 0.6) is 0 Å². The number of aromatic nitrogens is 3. The summed E-state index contributed by atoms with van der Waals surface area (Å²) in [6.45, 7) is 0. The molecule has 0 aliphatic carbocycles. The van der Waals surface area contributed by atoms with Gasteiger partial charge in [0.25, 0.3) is 0 Å². The standard InChI is InChI=1S/C19H16N4S/c1-2-4-13(5-3-1)18-8-9-24-23(18)15-6-7-16-14(10-15)11-20-19-17(16)12-21-22-19/h1-7,10-12,18H,8-9H2,(H,20,21,22). The van der Waals surface area contributed by atoms with E-state index in [9.17, 15) is 0 Å². The number of hydrogen-bond donors (Lipinski definition) is 1. The zero-order chi connectivity index (χ0) is 15.9. The minimum atomic E-state index is 0.430. The molecule has 1 aliphatic heterocycles. The van der Waals surface area contributed by atoms with Crippen molar-refractivity contribution in [3.05, 3.63) is 66.5 Å². The van der Waals surface area contributed by atoms with Crippen LogP contribution >= 0.6 is 11.9 Å². The van der Waals surface area contributed by atoms with Crippen LogP contribution in [-0.4, -0.2) is 20.9 Å². The molecule has 5 rings (SSSR count). The highest BCUT2D eigenvalue weighted by molar-refractivity contribution is 8.00. The molecule has 4 aromatic rings. The quantitative estimate of drug-likeness (QED) is 0.540. The summed E-state index contributed by atoms with van der Waals surface area (Å²) >= 11 is 1.91. The van der Waals surface area contributed by atoms with Gasteiger partial charge in [0.05, 0.1) is 6.04 Å². The van der Waals surface area contributed by atoms with E-state index in [-0.39, 0.29) is 0 Å². The van der Waals surface area contributed by atoms with Gasteiger partial charge in [0, 0.05) is 34.6 Å². The van der Waals surface area contributed by atoms with Crippen molar-refractivity contribution in [2.24, 2.45) is 0 Å². The lowest BCUT2D eigenvalue weighted by Gasteiger charge is -2.25. The van der Waals surface area contributed by atoms with Crippen molar-refractivity contribution in [2.45, 2.75) is 12.5 Å². The number of nitrogens with one attached hydrogen (secondary N) is 1. The van der Waals surface area contributed by atoms with Gasteiger partial charge in [-0.3, -0.25) is 5.10 Å². The fourth-order valence-corrected chi connectivity index (χ4v) is 4.65.